The monoisotopic (exact) mass is 186 g/mol. The number of hydrazine groups is 2. The first-order chi connectivity index (χ1) is 5.70. The Hall–Kier alpha value is -0.950. The van der Waals surface area contributed by atoms with Crippen LogP contribution in [0.5, 0.6) is 0 Å². The van der Waals surface area contributed by atoms with Gasteiger partial charge in [0.25, 0.3) is 0 Å². The SMILES string of the molecule is NN(NS(=O)[O-])c1ccccc1. The number of nitrogens with one attached hydrogen (secondary N) is 1. The molecule has 6 heteroatoms. The van der Waals surface area contributed by atoms with Gasteiger partial charge in [0.15, 0.2) is 0 Å². The summed E-state index contributed by atoms with van der Waals surface area (Å²) < 4.78 is 20.3. The van der Waals surface area contributed by atoms with E-state index in [1.807, 2.05) is 10.9 Å². The second-order valence-corrected chi connectivity index (χ2v) is 2.68. The van der Waals surface area contributed by atoms with E-state index < -0.39 is 11.3 Å². The Balaban J connectivity index is 2.65. The van der Waals surface area contributed by atoms with Gasteiger partial charge in [-0.2, -0.15) is 0 Å². The first-order valence-electron chi connectivity index (χ1n) is 3.15. The first kappa shape index (κ1) is 9.14. The summed E-state index contributed by atoms with van der Waals surface area (Å²) >= 11 is -2.40. The predicted octanol–water partition coefficient (Wildman–Crippen LogP) is -0.335. The summed E-state index contributed by atoms with van der Waals surface area (Å²) in [5.41, 5.74) is 0.571. The highest BCUT2D eigenvalue weighted by Crippen LogP contribution is 2.06. The number of hydrogen-bond acceptors (Lipinski definition) is 4. The lowest BCUT2D eigenvalue weighted by atomic mass is 10.3. The van der Waals surface area contributed by atoms with Crippen LogP contribution in [-0.4, -0.2) is 8.76 Å². The third-order valence-electron chi connectivity index (χ3n) is 1.21. The number of rotatable bonds is 3. The highest BCUT2D eigenvalue weighted by molar-refractivity contribution is 7.77. The van der Waals surface area contributed by atoms with Gasteiger partial charge in [-0.15, -0.1) is 4.83 Å². The standard InChI is InChI=1S/C6H9N3O2S/c7-9(8-12(10)11)6-4-2-1-3-5-6/h1-5,8H,7H2,(H,10,11)/p-1. The van der Waals surface area contributed by atoms with Crippen molar-refractivity contribution in [1.82, 2.24) is 4.83 Å². The van der Waals surface area contributed by atoms with E-state index in [1.54, 1.807) is 24.3 Å². The molecule has 0 radical (unpaired) electrons. The third-order valence-corrected chi connectivity index (χ3v) is 1.55. The van der Waals surface area contributed by atoms with Crippen molar-refractivity contribution in [2.75, 3.05) is 5.12 Å². The molecule has 0 saturated heterocycles. The second kappa shape index (κ2) is 4.17. The smallest absolute Gasteiger partial charge is 0.0709 e. The molecule has 0 bridgehead atoms. The summed E-state index contributed by atoms with van der Waals surface area (Å²) in [7, 11) is 0. The second-order valence-electron chi connectivity index (χ2n) is 2.03. The van der Waals surface area contributed by atoms with Gasteiger partial charge < -0.3 is 4.55 Å². The molecular weight excluding hydrogens is 178 g/mol. The molecule has 1 unspecified atom stereocenters. The fraction of sp³-hybridized carbons (Fsp3) is 0. The average Bonchev–Trinajstić information content (AvgIpc) is 2.05. The van der Waals surface area contributed by atoms with E-state index in [-0.39, 0.29) is 0 Å². The molecular formula is C6H8N3O2S-. The summed E-state index contributed by atoms with van der Waals surface area (Å²) in [5, 5.41) is 0.920. The summed E-state index contributed by atoms with van der Waals surface area (Å²) in [6, 6.07) is 8.68. The number of nitrogens with two attached hydrogens (primary N) is 1. The molecule has 12 heavy (non-hydrogen) atoms. The van der Waals surface area contributed by atoms with Crippen molar-refractivity contribution in [2.24, 2.45) is 5.84 Å². The zero-order valence-electron chi connectivity index (χ0n) is 6.14. The lowest BCUT2D eigenvalue weighted by Gasteiger charge is -2.20. The van der Waals surface area contributed by atoms with Crippen molar-refractivity contribution in [3.63, 3.8) is 0 Å². The zero-order valence-corrected chi connectivity index (χ0v) is 6.95. The maximum atomic E-state index is 10.2. The Kier molecular flexibility index (Phi) is 3.18. The van der Waals surface area contributed by atoms with E-state index in [2.05, 4.69) is 0 Å². The van der Waals surface area contributed by atoms with Crippen LogP contribution in [0.1, 0.15) is 0 Å². The molecule has 0 aliphatic carbocycles. The molecule has 1 aromatic rings. The van der Waals surface area contributed by atoms with Gasteiger partial charge >= 0.3 is 0 Å². The van der Waals surface area contributed by atoms with Crippen LogP contribution < -0.4 is 15.8 Å². The predicted molar refractivity (Wildman–Crippen MR) is 45.2 cm³/mol. The van der Waals surface area contributed by atoms with Crippen LogP contribution in [0, 0.1) is 0 Å². The van der Waals surface area contributed by atoms with Crippen molar-refractivity contribution < 1.29 is 8.76 Å². The van der Waals surface area contributed by atoms with E-state index in [4.69, 9.17) is 5.84 Å². The van der Waals surface area contributed by atoms with Crippen molar-refractivity contribution in [2.45, 2.75) is 0 Å². The van der Waals surface area contributed by atoms with Crippen molar-refractivity contribution in [3.05, 3.63) is 30.3 Å². The minimum Gasteiger partial charge on any atom is -0.758 e. The molecule has 66 valence electrons. The molecule has 0 fully saturated rings. The quantitative estimate of drug-likeness (QED) is 0.384. The third kappa shape index (κ3) is 2.59. The molecule has 0 aliphatic heterocycles. The van der Waals surface area contributed by atoms with E-state index in [0.29, 0.717) is 5.69 Å². The molecule has 0 aliphatic rings. The van der Waals surface area contributed by atoms with Gasteiger partial charge in [-0.1, -0.05) is 18.2 Å². The van der Waals surface area contributed by atoms with Crippen LogP contribution in [0.25, 0.3) is 0 Å². The van der Waals surface area contributed by atoms with Gasteiger partial charge in [0, 0.05) is 11.3 Å². The summed E-state index contributed by atoms with van der Waals surface area (Å²) in [5.74, 6) is 5.33. The first-order valence-corrected chi connectivity index (χ1v) is 4.23. The summed E-state index contributed by atoms with van der Waals surface area (Å²) in [4.78, 5) is 1.99. The maximum Gasteiger partial charge on any atom is 0.0709 e. The Morgan fingerprint density at radius 2 is 2.00 bits per heavy atom. The number of hydrogen-bond donors (Lipinski definition) is 2. The zero-order chi connectivity index (χ0) is 8.97. The fourth-order valence-electron chi connectivity index (χ4n) is 0.722. The van der Waals surface area contributed by atoms with Gasteiger partial charge in [-0.25, -0.2) is 11.0 Å². The molecule has 1 rings (SSSR count). The molecule has 0 aromatic heterocycles. The van der Waals surface area contributed by atoms with Crippen LogP contribution in [-0.2, 0) is 11.3 Å². The van der Waals surface area contributed by atoms with E-state index in [9.17, 15) is 8.76 Å². The number of nitrogens with zero attached hydrogens (tertiary/aromatic N) is 1. The molecule has 5 nitrogen and oxygen atoms in total. The number of anilines is 1. The molecule has 3 N–H and O–H groups in total. The van der Waals surface area contributed by atoms with Crippen LogP contribution in [0.2, 0.25) is 0 Å². The highest BCUT2D eigenvalue weighted by Gasteiger charge is 1.97. The van der Waals surface area contributed by atoms with Gasteiger partial charge in [0.1, 0.15) is 0 Å². The molecule has 0 heterocycles. The minimum atomic E-state index is -2.40. The Morgan fingerprint density at radius 3 is 2.50 bits per heavy atom. The molecule has 0 saturated carbocycles. The van der Waals surface area contributed by atoms with Crippen molar-refractivity contribution in [1.29, 1.82) is 0 Å². The molecule has 1 aromatic carbocycles. The van der Waals surface area contributed by atoms with Crippen LogP contribution in [0.3, 0.4) is 0 Å². The van der Waals surface area contributed by atoms with E-state index >= 15 is 0 Å². The normalized spacial score (nSPS) is 12.5. The molecule has 1 atom stereocenters. The minimum absolute atomic E-state index is 0.571. The van der Waals surface area contributed by atoms with Gasteiger partial charge in [0.2, 0.25) is 0 Å². The Bertz CT molecular complexity index is 267. The van der Waals surface area contributed by atoms with Gasteiger partial charge in [-0.05, 0) is 12.1 Å². The van der Waals surface area contributed by atoms with Crippen molar-refractivity contribution in [3.8, 4) is 0 Å². The van der Waals surface area contributed by atoms with Gasteiger partial charge in [-0.3, -0.25) is 4.21 Å². The van der Waals surface area contributed by atoms with E-state index in [1.165, 1.54) is 0 Å². The lowest BCUT2D eigenvalue weighted by Crippen LogP contribution is -2.44. The number of benzene rings is 1. The molecule has 0 amide bonds. The lowest BCUT2D eigenvalue weighted by molar-refractivity contribution is 0.519. The van der Waals surface area contributed by atoms with Crippen LogP contribution >= 0.6 is 0 Å². The Morgan fingerprint density at radius 1 is 1.42 bits per heavy atom. The van der Waals surface area contributed by atoms with E-state index in [0.717, 1.165) is 5.12 Å². The number of para-hydroxylation sites is 1. The van der Waals surface area contributed by atoms with Crippen molar-refractivity contribution >= 4 is 17.0 Å². The summed E-state index contributed by atoms with van der Waals surface area (Å²) in [6.45, 7) is 0. The van der Waals surface area contributed by atoms with Crippen LogP contribution in [0.15, 0.2) is 30.3 Å². The average molecular weight is 186 g/mol. The molecule has 0 spiro atoms. The van der Waals surface area contributed by atoms with Gasteiger partial charge in [0.05, 0.1) is 5.69 Å². The summed E-state index contributed by atoms with van der Waals surface area (Å²) in [6.07, 6.45) is 0. The highest BCUT2D eigenvalue weighted by atomic mass is 32.2. The fourth-order valence-corrected chi connectivity index (χ4v) is 0.988. The Labute approximate surface area is 72.5 Å². The largest absolute Gasteiger partial charge is 0.758 e. The van der Waals surface area contributed by atoms with Crippen LogP contribution in [0.4, 0.5) is 5.69 Å². The topological polar surface area (TPSA) is 81.4 Å². The maximum absolute atomic E-state index is 10.2.